The van der Waals surface area contributed by atoms with Gasteiger partial charge < -0.3 is 10.6 Å². The van der Waals surface area contributed by atoms with Gasteiger partial charge in [-0.15, -0.1) is 0 Å². The predicted octanol–water partition coefficient (Wildman–Crippen LogP) is 4.28. The number of aromatic nitrogens is 1. The van der Waals surface area contributed by atoms with Gasteiger partial charge in [-0.05, 0) is 34.5 Å². The molecular formula is C14H15BrClN3. The van der Waals surface area contributed by atoms with Crippen molar-refractivity contribution in [3.05, 3.63) is 51.7 Å². The first-order chi connectivity index (χ1) is 9.02. The standard InChI is InChI=1S/C14H15BrClN3/c1-9(10-5-3-4-6-12(10)16)19(2)14-11(15)7-18-8-13(14)17/h3-9H,17H2,1-2H3. The zero-order valence-corrected chi connectivity index (χ0v) is 13.1. The van der Waals surface area contributed by atoms with Gasteiger partial charge >= 0.3 is 0 Å². The van der Waals surface area contributed by atoms with Crippen molar-refractivity contribution in [3.8, 4) is 0 Å². The minimum atomic E-state index is 0.106. The van der Waals surface area contributed by atoms with Crippen LogP contribution in [0.25, 0.3) is 0 Å². The number of hydrogen-bond donors (Lipinski definition) is 1. The second-order valence-electron chi connectivity index (χ2n) is 4.37. The molecule has 3 nitrogen and oxygen atoms in total. The van der Waals surface area contributed by atoms with Crippen molar-refractivity contribution in [2.75, 3.05) is 17.7 Å². The number of anilines is 2. The van der Waals surface area contributed by atoms with Gasteiger partial charge in [0.2, 0.25) is 0 Å². The number of nitrogens with zero attached hydrogens (tertiary/aromatic N) is 2. The minimum absolute atomic E-state index is 0.106. The van der Waals surface area contributed by atoms with Crippen LogP contribution in [0.5, 0.6) is 0 Å². The number of pyridine rings is 1. The minimum Gasteiger partial charge on any atom is -0.396 e. The van der Waals surface area contributed by atoms with E-state index in [1.54, 1.807) is 12.4 Å². The average Bonchev–Trinajstić information content (AvgIpc) is 2.38. The highest BCUT2D eigenvalue weighted by molar-refractivity contribution is 9.10. The van der Waals surface area contributed by atoms with Crippen LogP contribution in [-0.4, -0.2) is 12.0 Å². The summed E-state index contributed by atoms with van der Waals surface area (Å²) in [6.45, 7) is 2.09. The normalized spacial score (nSPS) is 12.2. The van der Waals surface area contributed by atoms with Gasteiger partial charge in [0, 0.05) is 18.3 Å². The fraction of sp³-hybridized carbons (Fsp3) is 0.214. The molecule has 1 unspecified atom stereocenters. The Morgan fingerprint density at radius 1 is 1.32 bits per heavy atom. The van der Waals surface area contributed by atoms with Crippen molar-refractivity contribution < 1.29 is 0 Å². The monoisotopic (exact) mass is 339 g/mol. The van der Waals surface area contributed by atoms with E-state index in [0.29, 0.717) is 5.69 Å². The van der Waals surface area contributed by atoms with Crippen LogP contribution in [0.3, 0.4) is 0 Å². The molecular weight excluding hydrogens is 326 g/mol. The summed E-state index contributed by atoms with van der Waals surface area (Å²) in [7, 11) is 1.99. The maximum Gasteiger partial charge on any atom is 0.0778 e. The maximum atomic E-state index is 6.25. The molecule has 0 aliphatic rings. The van der Waals surface area contributed by atoms with E-state index in [9.17, 15) is 0 Å². The second-order valence-corrected chi connectivity index (χ2v) is 5.63. The van der Waals surface area contributed by atoms with E-state index >= 15 is 0 Å². The Morgan fingerprint density at radius 2 is 2.00 bits per heavy atom. The molecule has 100 valence electrons. The third-order valence-electron chi connectivity index (χ3n) is 3.19. The first-order valence-corrected chi connectivity index (χ1v) is 7.05. The highest BCUT2D eigenvalue weighted by Gasteiger charge is 2.18. The molecule has 2 rings (SSSR count). The average molecular weight is 341 g/mol. The van der Waals surface area contributed by atoms with Gasteiger partial charge in [-0.2, -0.15) is 0 Å². The van der Waals surface area contributed by atoms with Crippen LogP contribution in [0.4, 0.5) is 11.4 Å². The zero-order chi connectivity index (χ0) is 14.0. The fourth-order valence-corrected chi connectivity index (χ4v) is 2.95. The van der Waals surface area contributed by atoms with Gasteiger partial charge in [0.25, 0.3) is 0 Å². The number of halogens is 2. The van der Waals surface area contributed by atoms with Crippen molar-refractivity contribution in [1.82, 2.24) is 4.98 Å². The zero-order valence-electron chi connectivity index (χ0n) is 10.8. The first-order valence-electron chi connectivity index (χ1n) is 5.88. The summed E-state index contributed by atoms with van der Waals surface area (Å²) in [4.78, 5) is 6.14. The van der Waals surface area contributed by atoms with Crippen molar-refractivity contribution in [2.45, 2.75) is 13.0 Å². The molecule has 19 heavy (non-hydrogen) atoms. The summed E-state index contributed by atoms with van der Waals surface area (Å²) >= 11 is 9.74. The highest BCUT2D eigenvalue weighted by Crippen LogP contribution is 2.36. The Bertz CT molecular complexity index is 568. The number of nitrogens with two attached hydrogens (primary N) is 1. The molecule has 2 aromatic rings. The topological polar surface area (TPSA) is 42.1 Å². The number of hydrogen-bond acceptors (Lipinski definition) is 3. The van der Waals surface area contributed by atoms with E-state index in [0.717, 1.165) is 20.7 Å². The quantitative estimate of drug-likeness (QED) is 0.907. The summed E-state index contributed by atoms with van der Waals surface area (Å²) in [6.07, 6.45) is 3.39. The summed E-state index contributed by atoms with van der Waals surface area (Å²) in [5.41, 5.74) is 8.63. The lowest BCUT2D eigenvalue weighted by molar-refractivity contribution is 0.739. The molecule has 0 saturated carbocycles. The third-order valence-corrected chi connectivity index (χ3v) is 4.11. The summed E-state index contributed by atoms with van der Waals surface area (Å²) in [6, 6.07) is 7.93. The fourth-order valence-electron chi connectivity index (χ4n) is 2.03. The van der Waals surface area contributed by atoms with Gasteiger partial charge in [-0.25, -0.2) is 0 Å². The molecule has 0 bridgehead atoms. The predicted molar refractivity (Wildman–Crippen MR) is 84.6 cm³/mol. The number of nitrogen functional groups attached to an aromatic ring is 1. The molecule has 1 atom stereocenters. The molecule has 0 radical (unpaired) electrons. The van der Waals surface area contributed by atoms with E-state index in [1.807, 2.05) is 31.3 Å². The molecule has 0 spiro atoms. The van der Waals surface area contributed by atoms with Crippen LogP contribution >= 0.6 is 27.5 Å². The van der Waals surface area contributed by atoms with Crippen molar-refractivity contribution in [1.29, 1.82) is 0 Å². The lowest BCUT2D eigenvalue weighted by Gasteiger charge is -2.29. The van der Waals surface area contributed by atoms with E-state index < -0.39 is 0 Å². The van der Waals surface area contributed by atoms with Crippen LogP contribution in [0.1, 0.15) is 18.5 Å². The summed E-state index contributed by atoms with van der Waals surface area (Å²) < 4.78 is 0.869. The van der Waals surface area contributed by atoms with Crippen molar-refractivity contribution >= 4 is 38.9 Å². The van der Waals surface area contributed by atoms with Gasteiger partial charge in [-0.1, -0.05) is 29.8 Å². The molecule has 0 saturated heterocycles. The lowest BCUT2D eigenvalue weighted by Crippen LogP contribution is -2.23. The van der Waals surface area contributed by atoms with Gasteiger partial charge in [0.15, 0.2) is 0 Å². The van der Waals surface area contributed by atoms with Gasteiger partial charge in [0.1, 0.15) is 0 Å². The van der Waals surface area contributed by atoms with E-state index in [1.165, 1.54) is 0 Å². The van der Waals surface area contributed by atoms with Crippen LogP contribution < -0.4 is 10.6 Å². The number of rotatable bonds is 3. The van der Waals surface area contributed by atoms with Gasteiger partial charge in [0.05, 0.1) is 28.1 Å². The van der Waals surface area contributed by atoms with Crippen LogP contribution in [0.15, 0.2) is 41.1 Å². The molecule has 5 heteroatoms. The Morgan fingerprint density at radius 3 is 2.63 bits per heavy atom. The Balaban J connectivity index is 2.39. The molecule has 1 aromatic carbocycles. The Labute approximate surface area is 126 Å². The van der Waals surface area contributed by atoms with Crippen LogP contribution in [0, 0.1) is 0 Å². The molecule has 0 fully saturated rings. The first kappa shape index (κ1) is 14.2. The Hall–Kier alpha value is -1.26. The molecule has 0 aliphatic heterocycles. The van der Waals surface area contributed by atoms with Crippen LogP contribution in [-0.2, 0) is 0 Å². The second kappa shape index (κ2) is 5.80. The summed E-state index contributed by atoms with van der Waals surface area (Å²) in [5, 5.41) is 0.755. The van der Waals surface area contributed by atoms with Gasteiger partial charge in [-0.3, -0.25) is 4.98 Å². The Kier molecular flexibility index (Phi) is 4.32. The van der Waals surface area contributed by atoms with E-state index in [4.69, 9.17) is 17.3 Å². The summed E-state index contributed by atoms with van der Waals surface area (Å²) in [5.74, 6) is 0. The van der Waals surface area contributed by atoms with Crippen molar-refractivity contribution in [2.24, 2.45) is 0 Å². The smallest absolute Gasteiger partial charge is 0.0778 e. The maximum absolute atomic E-state index is 6.25. The van der Waals surface area contributed by atoms with E-state index in [-0.39, 0.29) is 6.04 Å². The molecule has 0 aliphatic carbocycles. The molecule has 1 aromatic heterocycles. The van der Waals surface area contributed by atoms with Crippen LogP contribution in [0.2, 0.25) is 5.02 Å². The molecule has 1 heterocycles. The SMILES string of the molecule is CC(c1ccccc1Cl)N(C)c1c(N)cncc1Br. The molecule has 2 N–H and O–H groups in total. The highest BCUT2D eigenvalue weighted by atomic mass is 79.9. The lowest BCUT2D eigenvalue weighted by atomic mass is 10.1. The third kappa shape index (κ3) is 2.85. The van der Waals surface area contributed by atoms with E-state index in [2.05, 4.69) is 32.7 Å². The van der Waals surface area contributed by atoms with Crippen molar-refractivity contribution in [3.63, 3.8) is 0 Å². The largest absolute Gasteiger partial charge is 0.396 e. The molecule has 0 amide bonds. The number of benzene rings is 1.